The Morgan fingerprint density at radius 1 is 0.842 bits per heavy atom. The van der Waals surface area contributed by atoms with Gasteiger partial charge in [0.25, 0.3) is 0 Å². The molecule has 7 heteroatoms. The van der Waals surface area contributed by atoms with Gasteiger partial charge in [-0.2, -0.15) is 0 Å². The number of amides is 1. The van der Waals surface area contributed by atoms with E-state index < -0.39 is 0 Å². The number of benzene rings is 3. The molecule has 1 saturated heterocycles. The van der Waals surface area contributed by atoms with Crippen LogP contribution >= 0.6 is 0 Å². The predicted molar refractivity (Wildman–Crippen MR) is 151 cm³/mol. The van der Waals surface area contributed by atoms with E-state index in [9.17, 15) is 4.79 Å². The van der Waals surface area contributed by atoms with Crippen LogP contribution in [0.3, 0.4) is 0 Å². The van der Waals surface area contributed by atoms with Gasteiger partial charge in [-0.1, -0.05) is 72.8 Å². The van der Waals surface area contributed by atoms with Gasteiger partial charge < -0.3 is 5.32 Å². The van der Waals surface area contributed by atoms with Crippen molar-refractivity contribution in [2.45, 2.75) is 12.8 Å². The molecule has 2 aliphatic heterocycles. The van der Waals surface area contributed by atoms with Crippen LogP contribution in [0.1, 0.15) is 17.0 Å². The number of rotatable bonds is 7. The van der Waals surface area contributed by atoms with Crippen molar-refractivity contribution in [3.05, 3.63) is 102 Å². The average molecular weight is 505 g/mol. The van der Waals surface area contributed by atoms with E-state index in [0.717, 1.165) is 74.2 Å². The van der Waals surface area contributed by atoms with Crippen LogP contribution in [-0.2, 0) is 17.6 Å². The highest BCUT2D eigenvalue weighted by molar-refractivity contribution is 5.92. The van der Waals surface area contributed by atoms with Gasteiger partial charge >= 0.3 is 0 Å². The van der Waals surface area contributed by atoms with E-state index >= 15 is 0 Å². The lowest BCUT2D eigenvalue weighted by Crippen LogP contribution is -2.48. The minimum atomic E-state index is 0.0353. The van der Waals surface area contributed by atoms with Crippen LogP contribution in [0.15, 0.2) is 84.9 Å². The Balaban J connectivity index is 1.03. The topological polar surface area (TPSA) is 66.3 Å². The van der Waals surface area contributed by atoms with Gasteiger partial charge in [0.15, 0.2) is 5.82 Å². The molecule has 6 rings (SSSR count). The van der Waals surface area contributed by atoms with Crippen LogP contribution in [0.5, 0.6) is 0 Å². The molecule has 0 radical (unpaired) electrons. The fourth-order valence-electron chi connectivity index (χ4n) is 5.27. The number of hydrogen-bond donors (Lipinski definition) is 1. The maximum Gasteiger partial charge on any atom is 0.238 e. The molecule has 0 spiro atoms. The van der Waals surface area contributed by atoms with E-state index in [1.807, 2.05) is 30.3 Å². The highest BCUT2D eigenvalue weighted by Gasteiger charge is 2.23. The fourth-order valence-corrected chi connectivity index (χ4v) is 5.27. The van der Waals surface area contributed by atoms with Crippen LogP contribution in [0.2, 0.25) is 0 Å². The molecular weight excluding hydrogens is 472 g/mol. The Morgan fingerprint density at radius 3 is 2.37 bits per heavy atom. The van der Waals surface area contributed by atoms with Gasteiger partial charge in [-0.3, -0.25) is 19.2 Å². The lowest BCUT2D eigenvalue weighted by Gasteiger charge is -2.33. The lowest BCUT2D eigenvalue weighted by atomic mass is 10.0. The van der Waals surface area contributed by atoms with Crippen molar-refractivity contribution >= 4 is 17.7 Å². The summed E-state index contributed by atoms with van der Waals surface area (Å²) in [6, 6.07) is 26.7. The first-order valence-corrected chi connectivity index (χ1v) is 13.3. The minimum absolute atomic E-state index is 0.0353. The van der Waals surface area contributed by atoms with Crippen molar-refractivity contribution in [3.8, 4) is 17.1 Å². The average Bonchev–Trinajstić information content (AvgIpc) is 3.40. The van der Waals surface area contributed by atoms with E-state index in [1.54, 1.807) is 0 Å². The van der Waals surface area contributed by atoms with Crippen LogP contribution in [0.4, 0.5) is 5.69 Å². The molecule has 1 amide bonds. The summed E-state index contributed by atoms with van der Waals surface area (Å²) in [6.07, 6.45) is 6.10. The molecular formula is C31H32N6O. The molecule has 38 heavy (non-hydrogen) atoms. The largest absolute Gasteiger partial charge is 0.325 e. The SMILES string of the molecule is O=C(CN1CCN(C/C=C/c2ccccc2)CC1)Nc1ccc2c(c1)CCc1nnc(-c3ccccc3)n1-2. The molecule has 192 valence electrons. The minimum Gasteiger partial charge on any atom is -0.325 e. The van der Waals surface area contributed by atoms with Gasteiger partial charge in [-0.05, 0) is 35.7 Å². The second kappa shape index (κ2) is 11.1. The predicted octanol–water partition coefficient (Wildman–Crippen LogP) is 4.30. The summed E-state index contributed by atoms with van der Waals surface area (Å²) in [5.74, 6) is 1.86. The number of carbonyl (C=O) groups is 1. The number of hydrogen-bond acceptors (Lipinski definition) is 5. The number of aromatic nitrogens is 3. The normalized spacial score (nSPS) is 15.8. The Labute approximate surface area is 223 Å². The summed E-state index contributed by atoms with van der Waals surface area (Å²) in [5, 5.41) is 12.0. The van der Waals surface area contributed by atoms with Crippen LogP contribution in [0.25, 0.3) is 23.2 Å². The molecule has 0 unspecified atom stereocenters. The molecule has 1 N–H and O–H groups in total. The third-order valence-corrected chi connectivity index (χ3v) is 7.29. The molecule has 0 atom stereocenters. The molecule has 1 aromatic heterocycles. The molecule has 0 bridgehead atoms. The molecule has 0 saturated carbocycles. The number of anilines is 1. The molecule has 4 aromatic rings. The summed E-state index contributed by atoms with van der Waals surface area (Å²) >= 11 is 0. The van der Waals surface area contributed by atoms with Crippen molar-refractivity contribution in [3.63, 3.8) is 0 Å². The standard InChI is InChI=1S/C31H32N6O/c38-30(23-36-20-18-35(19-21-36)17-7-10-24-8-3-1-4-9-24)32-27-14-15-28-26(22-27)13-16-29-33-34-31(37(28)29)25-11-5-2-6-12-25/h1-12,14-15,22H,13,16-21,23H2,(H,32,38)/b10-7+. The first-order valence-electron chi connectivity index (χ1n) is 13.3. The van der Waals surface area contributed by atoms with Gasteiger partial charge in [0.2, 0.25) is 5.91 Å². The van der Waals surface area contributed by atoms with E-state index in [0.29, 0.717) is 6.54 Å². The van der Waals surface area contributed by atoms with Crippen molar-refractivity contribution in [1.82, 2.24) is 24.6 Å². The highest BCUT2D eigenvalue weighted by atomic mass is 16.2. The van der Waals surface area contributed by atoms with Gasteiger partial charge in [-0.15, -0.1) is 10.2 Å². The zero-order valence-electron chi connectivity index (χ0n) is 21.5. The third-order valence-electron chi connectivity index (χ3n) is 7.29. The van der Waals surface area contributed by atoms with Gasteiger partial charge in [0, 0.05) is 50.4 Å². The van der Waals surface area contributed by atoms with Crippen molar-refractivity contribution < 1.29 is 4.79 Å². The zero-order chi connectivity index (χ0) is 25.7. The summed E-state index contributed by atoms with van der Waals surface area (Å²) in [5.41, 5.74) is 5.40. The number of nitrogens with one attached hydrogen (secondary N) is 1. The van der Waals surface area contributed by atoms with Crippen molar-refractivity contribution in [2.24, 2.45) is 0 Å². The Morgan fingerprint density at radius 2 is 1.58 bits per heavy atom. The maximum absolute atomic E-state index is 12.9. The number of nitrogens with zero attached hydrogens (tertiary/aromatic N) is 5. The Kier molecular flexibility index (Phi) is 7.11. The Bertz CT molecular complexity index is 1420. The molecule has 3 aromatic carbocycles. The third kappa shape index (κ3) is 5.44. The van der Waals surface area contributed by atoms with Gasteiger partial charge in [-0.25, -0.2) is 0 Å². The molecule has 7 nitrogen and oxygen atoms in total. The number of piperazine rings is 1. The fraction of sp³-hybridized carbons (Fsp3) is 0.258. The number of aryl methyl sites for hydroxylation is 2. The van der Waals surface area contributed by atoms with Crippen molar-refractivity contribution in [2.75, 3.05) is 44.6 Å². The van der Waals surface area contributed by atoms with E-state index in [-0.39, 0.29) is 5.91 Å². The number of fused-ring (bicyclic) bond motifs is 3. The summed E-state index contributed by atoms with van der Waals surface area (Å²) < 4.78 is 2.15. The molecule has 2 aliphatic rings. The first-order chi connectivity index (χ1) is 18.7. The molecule has 3 heterocycles. The number of carbonyl (C=O) groups excluding carboxylic acids is 1. The molecule has 0 aliphatic carbocycles. The van der Waals surface area contributed by atoms with Crippen LogP contribution in [-0.4, -0.2) is 69.7 Å². The van der Waals surface area contributed by atoms with E-state index in [4.69, 9.17) is 0 Å². The quantitative estimate of drug-likeness (QED) is 0.407. The van der Waals surface area contributed by atoms with E-state index in [2.05, 4.69) is 90.6 Å². The van der Waals surface area contributed by atoms with Crippen LogP contribution in [0, 0.1) is 0 Å². The zero-order valence-corrected chi connectivity index (χ0v) is 21.5. The first kappa shape index (κ1) is 24.3. The van der Waals surface area contributed by atoms with Gasteiger partial charge in [0.05, 0.1) is 12.2 Å². The molecule has 1 fully saturated rings. The van der Waals surface area contributed by atoms with Gasteiger partial charge in [0.1, 0.15) is 5.82 Å². The van der Waals surface area contributed by atoms with Crippen molar-refractivity contribution in [1.29, 1.82) is 0 Å². The second-order valence-corrected chi connectivity index (χ2v) is 9.92. The van der Waals surface area contributed by atoms with E-state index in [1.165, 1.54) is 11.1 Å². The summed E-state index contributed by atoms with van der Waals surface area (Å²) in [4.78, 5) is 17.5. The monoisotopic (exact) mass is 504 g/mol. The lowest BCUT2D eigenvalue weighted by molar-refractivity contribution is -0.117. The second-order valence-electron chi connectivity index (χ2n) is 9.92. The maximum atomic E-state index is 12.9. The van der Waals surface area contributed by atoms with Crippen LogP contribution < -0.4 is 5.32 Å². The Hall–Kier alpha value is -4.07. The summed E-state index contributed by atoms with van der Waals surface area (Å²) in [6.45, 7) is 5.08. The smallest absolute Gasteiger partial charge is 0.238 e. The summed E-state index contributed by atoms with van der Waals surface area (Å²) in [7, 11) is 0. The highest BCUT2D eigenvalue weighted by Crippen LogP contribution is 2.31.